The van der Waals surface area contributed by atoms with Crippen molar-refractivity contribution in [1.29, 1.82) is 5.26 Å². The Bertz CT molecular complexity index is 741. The quantitative estimate of drug-likeness (QED) is 0.378. The molecule has 0 aromatic heterocycles. The van der Waals surface area contributed by atoms with Gasteiger partial charge < -0.3 is 10.1 Å². The molecule has 0 unspecified atom stereocenters. The maximum absolute atomic E-state index is 11.7. The topological polar surface area (TPSA) is 62.1 Å². The first kappa shape index (κ1) is 16.1. The number of anilines is 2. The monoisotopic (exact) mass is 304 g/mol. The molecule has 0 bridgehead atoms. The molecule has 0 saturated heterocycles. The number of benzene rings is 2. The van der Waals surface area contributed by atoms with Gasteiger partial charge in [-0.3, -0.25) is 0 Å². The van der Waals surface area contributed by atoms with E-state index in [0.717, 1.165) is 16.9 Å². The fourth-order valence-corrected chi connectivity index (χ4v) is 1.87. The second-order valence-electron chi connectivity index (χ2n) is 4.67. The molecule has 0 aliphatic carbocycles. The number of nitrogens with zero attached hydrogens (tertiary/aromatic N) is 1. The normalized spacial score (nSPS) is 10.5. The van der Waals surface area contributed by atoms with Gasteiger partial charge in [-0.25, -0.2) is 4.79 Å². The lowest BCUT2D eigenvalue weighted by Crippen LogP contribution is -2.06. The van der Waals surface area contributed by atoms with E-state index in [1.165, 1.54) is 12.2 Å². The van der Waals surface area contributed by atoms with Gasteiger partial charge in [0.1, 0.15) is 18.2 Å². The lowest BCUT2D eigenvalue weighted by atomic mass is 10.1. The van der Waals surface area contributed by atoms with Gasteiger partial charge in [-0.05, 0) is 35.9 Å². The van der Waals surface area contributed by atoms with Crippen molar-refractivity contribution >= 4 is 23.4 Å². The molecule has 0 heterocycles. The Morgan fingerprint density at radius 3 is 2.39 bits per heavy atom. The molecule has 4 heteroatoms. The van der Waals surface area contributed by atoms with Crippen LogP contribution in [0.1, 0.15) is 5.56 Å². The third-order valence-electron chi connectivity index (χ3n) is 2.96. The summed E-state index contributed by atoms with van der Waals surface area (Å²) in [5.74, 6) is -0.654. The van der Waals surface area contributed by atoms with Gasteiger partial charge in [0, 0.05) is 11.4 Å². The van der Waals surface area contributed by atoms with Gasteiger partial charge in [0.2, 0.25) is 0 Å². The Morgan fingerprint density at radius 1 is 1.13 bits per heavy atom. The Balaban J connectivity index is 2.09. The first-order valence-electron chi connectivity index (χ1n) is 7.05. The van der Waals surface area contributed by atoms with Crippen molar-refractivity contribution in [1.82, 2.24) is 0 Å². The largest absolute Gasteiger partial charge is 0.457 e. The van der Waals surface area contributed by atoms with Crippen LogP contribution in [-0.2, 0) is 9.53 Å². The third kappa shape index (κ3) is 4.87. The molecule has 0 aliphatic rings. The molecule has 0 fully saturated rings. The number of esters is 1. The maximum atomic E-state index is 11.7. The van der Waals surface area contributed by atoms with Crippen LogP contribution in [0.2, 0.25) is 0 Å². The van der Waals surface area contributed by atoms with Crippen LogP contribution in [0.5, 0.6) is 0 Å². The molecule has 23 heavy (non-hydrogen) atoms. The van der Waals surface area contributed by atoms with E-state index < -0.39 is 5.97 Å². The van der Waals surface area contributed by atoms with E-state index >= 15 is 0 Å². The van der Waals surface area contributed by atoms with Crippen LogP contribution < -0.4 is 5.32 Å². The lowest BCUT2D eigenvalue weighted by Gasteiger charge is -2.06. The zero-order valence-electron chi connectivity index (χ0n) is 12.5. The van der Waals surface area contributed by atoms with Gasteiger partial charge in [-0.15, -0.1) is 0 Å². The predicted octanol–water partition coefficient (Wildman–Crippen LogP) is 4.07. The van der Waals surface area contributed by atoms with Crippen LogP contribution >= 0.6 is 0 Å². The van der Waals surface area contributed by atoms with Gasteiger partial charge in [-0.2, -0.15) is 5.26 Å². The van der Waals surface area contributed by atoms with E-state index in [0.29, 0.717) is 0 Å². The second kappa shape index (κ2) is 8.20. The molecule has 0 spiro atoms. The Morgan fingerprint density at radius 2 is 1.78 bits per heavy atom. The number of hydrogen-bond donors (Lipinski definition) is 1. The highest BCUT2D eigenvalue weighted by Gasteiger charge is 2.09. The van der Waals surface area contributed by atoms with Crippen molar-refractivity contribution in [2.45, 2.75) is 0 Å². The summed E-state index contributed by atoms with van der Waals surface area (Å²) in [6, 6.07) is 19.0. The summed E-state index contributed by atoms with van der Waals surface area (Å²) in [5, 5.41) is 12.3. The number of carbonyl (C=O) groups is 1. The van der Waals surface area contributed by atoms with Gasteiger partial charge in [0.05, 0.1) is 0 Å². The highest BCUT2D eigenvalue weighted by atomic mass is 16.5. The minimum Gasteiger partial charge on any atom is -0.457 e. The summed E-state index contributed by atoms with van der Waals surface area (Å²) < 4.78 is 4.86. The van der Waals surface area contributed by atoms with E-state index in [-0.39, 0.29) is 12.2 Å². The molecule has 1 N–H and O–H groups in total. The molecule has 4 nitrogen and oxygen atoms in total. The molecule has 0 saturated carbocycles. The fourth-order valence-electron chi connectivity index (χ4n) is 1.87. The molecule has 2 rings (SSSR count). The Kier molecular flexibility index (Phi) is 5.73. The summed E-state index contributed by atoms with van der Waals surface area (Å²) in [6.45, 7) is 3.54. The smallest absolute Gasteiger partial charge is 0.349 e. The number of para-hydroxylation sites is 1. The highest BCUT2D eigenvalue weighted by Crippen LogP contribution is 2.18. The fraction of sp³-hybridized carbons (Fsp3) is 0.0526. The van der Waals surface area contributed by atoms with Crippen LogP contribution in [0.4, 0.5) is 11.4 Å². The van der Waals surface area contributed by atoms with Crippen molar-refractivity contribution in [3.05, 3.63) is 78.4 Å². The molecule has 0 atom stereocenters. The summed E-state index contributed by atoms with van der Waals surface area (Å²) >= 11 is 0. The van der Waals surface area contributed by atoms with Crippen LogP contribution in [0, 0.1) is 11.3 Å². The molecule has 0 amide bonds. The van der Waals surface area contributed by atoms with Crippen molar-refractivity contribution < 1.29 is 9.53 Å². The molecular formula is C19H16N2O2. The predicted molar refractivity (Wildman–Crippen MR) is 90.9 cm³/mol. The molecule has 0 radical (unpaired) electrons. The summed E-state index contributed by atoms with van der Waals surface area (Å²) in [6.07, 6.45) is 2.95. The SMILES string of the molecule is C=CCOC(=O)/C(C#N)=C/c1ccc(Nc2ccccc2)cc1. The number of ether oxygens (including phenoxy) is 1. The second-order valence-corrected chi connectivity index (χ2v) is 4.67. The van der Waals surface area contributed by atoms with Crippen molar-refractivity contribution in [2.24, 2.45) is 0 Å². The van der Waals surface area contributed by atoms with Crippen LogP contribution in [0.25, 0.3) is 6.08 Å². The van der Waals surface area contributed by atoms with Gasteiger partial charge in [0.15, 0.2) is 0 Å². The highest BCUT2D eigenvalue weighted by molar-refractivity contribution is 5.97. The summed E-state index contributed by atoms with van der Waals surface area (Å²) in [5.41, 5.74) is 2.61. The average Bonchev–Trinajstić information content (AvgIpc) is 2.60. The average molecular weight is 304 g/mol. The van der Waals surface area contributed by atoms with Gasteiger partial charge >= 0.3 is 5.97 Å². The number of nitrogens with one attached hydrogen (secondary N) is 1. The zero-order chi connectivity index (χ0) is 16.5. The van der Waals surface area contributed by atoms with E-state index in [1.54, 1.807) is 0 Å². The molecule has 2 aromatic rings. The molecule has 114 valence electrons. The third-order valence-corrected chi connectivity index (χ3v) is 2.96. The van der Waals surface area contributed by atoms with Crippen LogP contribution in [0.3, 0.4) is 0 Å². The number of nitriles is 1. The number of rotatable bonds is 6. The minimum absolute atomic E-state index is 0.0457. The van der Waals surface area contributed by atoms with E-state index in [2.05, 4.69) is 11.9 Å². The van der Waals surface area contributed by atoms with Crippen LogP contribution in [-0.4, -0.2) is 12.6 Å². The first-order valence-corrected chi connectivity index (χ1v) is 7.05. The zero-order valence-corrected chi connectivity index (χ0v) is 12.5. The standard InChI is InChI=1S/C19H16N2O2/c1-2-12-23-19(22)16(14-20)13-15-8-10-18(11-9-15)21-17-6-4-3-5-7-17/h2-11,13,21H,1,12H2/b16-13+. The van der Waals surface area contributed by atoms with Crippen LogP contribution in [0.15, 0.2) is 72.8 Å². The van der Waals surface area contributed by atoms with Crippen molar-refractivity contribution in [3.63, 3.8) is 0 Å². The lowest BCUT2D eigenvalue weighted by molar-refractivity contribution is -0.137. The van der Waals surface area contributed by atoms with E-state index in [1.807, 2.05) is 60.7 Å². The summed E-state index contributed by atoms with van der Waals surface area (Å²) in [7, 11) is 0. The Hall–Kier alpha value is -3.32. The Labute approximate surface area is 135 Å². The van der Waals surface area contributed by atoms with Crippen molar-refractivity contribution in [2.75, 3.05) is 11.9 Å². The van der Waals surface area contributed by atoms with Gasteiger partial charge in [0.25, 0.3) is 0 Å². The maximum Gasteiger partial charge on any atom is 0.349 e. The van der Waals surface area contributed by atoms with E-state index in [9.17, 15) is 4.79 Å². The molecular weight excluding hydrogens is 288 g/mol. The molecule has 2 aromatic carbocycles. The van der Waals surface area contributed by atoms with E-state index in [4.69, 9.17) is 10.00 Å². The van der Waals surface area contributed by atoms with Crippen molar-refractivity contribution in [3.8, 4) is 6.07 Å². The number of hydrogen-bond acceptors (Lipinski definition) is 4. The molecule has 0 aliphatic heterocycles. The van der Waals surface area contributed by atoms with Gasteiger partial charge in [-0.1, -0.05) is 43.0 Å². The minimum atomic E-state index is -0.654. The number of carbonyl (C=O) groups excluding carboxylic acids is 1. The first-order chi connectivity index (χ1) is 11.2. The summed E-state index contributed by atoms with van der Waals surface area (Å²) in [4.78, 5) is 11.7.